The van der Waals surface area contributed by atoms with Crippen LogP contribution in [0.1, 0.15) is 43.2 Å². The molecule has 12 N–H and O–H groups in total. The number of primary amides is 1. The number of para-hydroxylation sites is 1. The number of hydrogen-bond donors (Lipinski definition) is 11. The molecule has 6 amide bonds. The van der Waals surface area contributed by atoms with E-state index >= 15 is 0 Å². The molecule has 0 aliphatic carbocycles. The first-order valence-corrected chi connectivity index (χ1v) is 23.3. The second-order valence-corrected chi connectivity index (χ2v) is 18.5. The maximum Gasteiger partial charge on any atom is 0.305 e. The second kappa shape index (κ2) is 24.8. The van der Waals surface area contributed by atoms with Crippen LogP contribution in [0, 0.1) is 5.82 Å². The van der Waals surface area contributed by atoms with Gasteiger partial charge in [-0.3, -0.25) is 43.2 Å². The van der Waals surface area contributed by atoms with Crippen LogP contribution in [0.25, 0.3) is 10.9 Å². The Morgan fingerprint density at radius 3 is 1.90 bits per heavy atom. The van der Waals surface area contributed by atoms with Crippen LogP contribution >= 0.6 is 31.9 Å². The molecule has 0 saturated heterocycles. The first-order valence-electron chi connectivity index (χ1n) is 20.2. The zero-order valence-corrected chi connectivity index (χ0v) is 39.4. The van der Waals surface area contributed by atoms with Crippen LogP contribution in [0.4, 0.5) is 4.39 Å². The fourth-order valence-corrected chi connectivity index (χ4v) is 9.53. The zero-order chi connectivity index (χ0) is 50.3. The Hall–Kier alpha value is -6.77. The summed E-state index contributed by atoms with van der Waals surface area (Å²) >= 11 is 6.26. The summed E-state index contributed by atoms with van der Waals surface area (Å²) in [7, 11) is -4.60. The third-order valence-electron chi connectivity index (χ3n) is 9.90. The van der Waals surface area contributed by atoms with E-state index in [2.05, 4.69) is 63.4 Å². The van der Waals surface area contributed by atoms with Crippen molar-refractivity contribution in [3.8, 4) is 0 Å². The number of aliphatic carboxylic acids is 3. The Morgan fingerprint density at radius 1 is 0.676 bits per heavy atom. The minimum atomic E-state index is -4.60. The summed E-state index contributed by atoms with van der Waals surface area (Å²) in [6.07, 6.45) is -2.47. The number of carboxylic acid groups (broad SMARTS) is 3. The predicted octanol–water partition coefficient (Wildman–Crippen LogP) is 0.709. The number of carbonyl (C=O) groups is 9. The quantitative estimate of drug-likeness (QED) is 0.0413. The summed E-state index contributed by atoms with van der Waals surface area (Å²) in [5, 5.41) is 40.3. The molecule has 0 bridgehead atoms. The molecule has 364 valence electrons. The molecule has 4 rings (SSSR count). The summed E-state index contributed by atoms with van der Waals surface area (Å²) in [6, 6.07) is 7.37. The molecule has 22 nitrogen and oxygen atoms in total. The van der Waals surface area contributed by atoms with Crippen LogP contribution in [-0.4, -0.2) is 119 Å². The van der Waals surface area contributed by atoms with Gasteiger partial charge in [0.05, 0.1) is 17.9 Å². The van der Waals surface area contributed by atoms with Gasteiger partial charge in [0.1, 0.15) is 36.0 Å². The van der Waals surface area contributed by atoms with Crippen molar-refractivity contribution < 1.29 is 71.3 Å². The number of amides is 6. The van der Waals surface area contributed by atoms with Gasteiger partial charge in [0.15, 0.2) is 0 Å². The molecule has 0 radical (unpaired) electrons. The van der Waals surface area contributed by atoms with E-state index in [0.717, 1.165) is 18.2 Å². The van der Waals surface area contributed by atoms with Gasteiger partial charge < -0.3 is 52.6 Å². The lowest BCUT2D eigenvalue weighted by Crippen LogP contribution is -2.58. The van der Waals surface area contributed by atoms with Gasteiger partial charge in [-0.05, 0) is 76.3 Å². The van der Waals surface area contributed by atoms with Crippen LogP contribution in [0.5, 0.6) is 0 Å². The number of carbonyl (C=O) groups excluding carboxylic acids is 6. The average Bonchev–Trinajstić information content (AvgIpc) is 3.66. The average molecular weight is 1100 g/mol. The highest BCUT2D eigenvalue weighted by atomic mass is 79.9. The number of hydrogen-bond acceptors (Lipinski definition) is 11. The Morgan fingerprint density at radius 2 is 1.28 bits per heavy atom. The van der Waals surface area contributed by atoms with Crippen LogP contribution in [-0.2, 0) is 66.0 Å². The van der Waals surface area contributed by atoms with Crippen LogP contribution in [0.2, 0.25) is 0 Å². The molecule has 5 atom stereocenters. The normalized spacial score (nSPS) is 13.5. The van der Waals surface area contributed by atoms with Gasteiger partial charge in [-0.15, -0.1) is 0 Å². The van der Waals surface area contributed by atoms with Crippen molar-refractivity contribution in [3.05, 3.63) is 98.8 Å². The van der Waals surface area contributed by atoms with Gasteiger partial charge in [0, 0.05) is 51.7 Å². The van der Waals surface area contributed by atoms with Gasteiger partial charge in [0.2, 0.25) is 45.5 Å². The smallest absolute Gasteiger partial charge is 0.305 e. The van der Waals surface area contributed by atoms with Gasteiger partial charge >= 0.3 is 17.9 Å². The fourth-order valence-electron chi connectivity index (χ4n) is 6.59. The number of aromatic nitrogens is 1. The topological polar surface area (TPSA) is 362 Å². The number of carboxylic acids is 3. The molecule has 68 heavy (non-hydrogen) atoms. The lowest BCUT2D eigenvalue weighted by molar-refractivity contribution is -0.140. The zero-order valence-electron chi connectivity index (χ0n) is 35.4. The van der Waals surface area contributed by atoms with Crippen molar-refractivity contribution in [1.29, 1.82) is 0 Å². The van der Waals surface area contributed by atoms with Gasteiger partial charge in [0.25, 0.3) is 0 Å². The Kier molecular flexibility index (Phi) is 19.7. The molecule has 0 saturated carbocycles. The Bertz CT molecular complexity index is 2690. The van der Waals surface area contributed by atoms with E-state index in [1.807, 2.05) is 4.72 Å². The number of nitrogens with one attached hydrogen (secondary N) is 7. The van der Waals surface area contributed by atoms with E-state index in [0.29, 0.717) is 20.9 Å². The summed E-state index contributed by atoms with van der Waals surface area (Å²) in [5.74, 6) is -11.7. The third kappa shape index (κ3) is 16.5. The number of H-pyrrole nitrogens is 1. The number of sulfonamides is 1. The van der Waals surface area contributed by atoms with Crippen molar-refractivity contribution in [2.75, 3.05) is 6.54 Å². The number of rotatable bonds is 26. The molecule has 1 heterocycles. The number of aromatic amines is 1. The van der Waals surface area contributed by atoms with Crippen molar-refractivity contribution >= 4 is 106 Å². The largest absolute Gasteiger partial charge is 0.481 e. The predicted molar refractivity (Wildman–Crippen MR) is 244 cm³/mol. The van der Waals surface area contributed by atoms with Crippen molar-refractivity contribution in [2.24, 2.45) is 5.73 Å². The van der Waals surface area contributed by atoms with Crippen molar-refractivity contribution in [1.82, 2.24) is 36.3 Å². The van der Waals surface area contributed by atoms with Gasteiger partial charge in [-0.2, -0.15) is 4.72 Å². The first-order chi connectivity index (χ1) is 32.0. The number of benzene rings is 3. The lowest BCUT2D eigenvalue weighted by Gasteiger charge is -2.25. The van der Waals surface area contributed by atoms with Gasteiger partial charge in [-0.25, -0.2) is 12.8 Å². The van der Waals surface area contributed by atoms with E-state index in [9.17, 15) is 66.2 Å². The van der Waals surface area contributed by atoms with E-state index in [1.54, 1.807) is 30.5 Å². The summed E-state index contributed by atoms with van der Waals surface area (Å²) in [5.41, 5.74) is 6.82. The molecule has 0 aliphatic heterocycles. The molecule has 0 aliphatic rings. The van der Waals surface area contributed by atoms with E-state index in [1.165, 1.54) is 24.3 Å². The molecule has 3 aromatic carbocycles. The fraction of sp³-hybridized carbons (Fsp3) is 0.310. The monoisotopic (exact) mass is 1090 g/mol. The summed E-state index contributed by atoms with van der Waals surface area (Å²) < 4.78 is 43.3. The SMILES string of the molecule is NC(=O)[C@H](CCC(=O)O)NC(=O)[C@H](Cc1c[nH]c2ccccc12)NC(=O)[C@H](Cc1cccc(F)c1)NC(=O)CNC(=O)[C@H](CCC(=O)O)NC(=O)[C@@H](CC(=O)O)NS(=O)(=O)c1ccc(Br)cc1Br. The highest BCUT2D eigenvalue weighted by Gasteiger charge is 2.34. The Labute approximate surface area is 403 Å². The highest BCUT2D eigenvalue weighted by molar-refractivity contribution is 9.11. The standard InChI is InChI=1S/C42H45Br2FN8O14S/c43-23-8-11-33(26(44)17-23)68(66,67)53-32(18-37(59)60)42(65)51-29(10-13-36(57)58)39(62)48-20-34(54)49-30(15-21-4-3-5-24(45)14-21)40(63)52-31(16-22-19-47-27-7-2-1-6-25(22)27)41(64)50-28(38(46)61)9-12-35(55)56/h1-8,11,14,17,19,28-32,47,53H,9-10,12-13,15-16,18,20H2,(H2,46,61)(H,48,62)(H,49,54)(H,50,64)(H,51,65)(H,52,63)(H,55,56)(H,57,58)(H,59,60)/t28-,29-,30-,31-,32+/m0/s1. The minimum Gasteiger partial charge on any atom is -0.481 e. The first kappa shape index (κ1) is 53.8. The number of halogens is 3. The molecule has 0 unspecified atom stereocenters. The van der Waals surface area contributed by atoms with Crippen LogP contribution in [0.3, 0.4) is 0 Å². The van der Waals surface area contributed by atoms with Crippen molar-refractivity contribution in [3.63, 3.8) is 0 Å². The molecule has 1 aromatic heterocycles. The van der Waals surface area contributed by atoms with Crippen LogP contribution in [0.15, 0.2) is 86.8 Å². The summed E-state index contributed by atoms with van der Waals surface area (Å²) in [6.45, 7) is -0.947. The lowest BCUT2D eigenvalue weighted by atomic mass is 10.0. The molecular weight excluding hydrogens is 1050 g/mol. The number of nitrogens with two attached hydrogens (primary N) is 1. The van der Waals surface area contributed by atoms with E-state index in [4.69, 9.17) is 10.8 Å². The molecule has 0 spiro atoms. The minimum absolute atomic E-state index is 0.0422. The van der Waals surface area contributed by atoms with Crippen LogP contribution < -0.4 is 37.0 Å². The Balaban J connectivity index is 1.56. The maximum atomic E-state index is 14.3. The summed E-state index contributed by atoms with van der Waals surface area (Å²) in [4.78, 5) is 118. The van der Waals surface area contributed by atoms with E-state index in [-0.39, 0.29) is 27.8 Å². The number of fused-ring (bicyclic) bond motifs is 1. The molecule has 4 aromatic rings. The van der Waals surface area contributed by atoms with E-state index < -0.39 is 138 Å². The highest BCUT2D eigenvalue weighted by Crippen LogP contribution is 2.26. The molecule has 0 fully saturated rings. The second-order valence-electron chi connectivity index (χ2n) is 15.0. The van der Waals surface area contributed by atoms with Crippen molar-refractivity contribution in [2.45, 2.75) is 80.1 Å². The van der Waals surface area contributed by atoms with Gasteiger partial charge in [-0.1, -0.05) is 46.3 Å². The molecular formula is C42H45Br2FN8O14S. The molecule has 26 heteroatoms. The maximum absolute atomic E-state index is 14.3. The third-order valence-corrected chi connectivity index (χ3v) is 12.8.